The van der Waals surface area contributed by atoms with Gasteiger partial charge in [-0.3, -0.25) is 4.90 Å². The highest BCUT2D eigenvalue weighted by atomic mass is 32.1. The summed E-state index contributed by atoms with van der Waals surface area (Å²) in [5.74, 6) is 2.17. The fourth-order valence-corrected chi connectivity index (χ4v) is 4.61. The lowest BCUT2D eigenvalue weighted by atomic mass is 10.0. The van der Waals surface area contributed by atoms with Gasteiger partial charge in [-0.25, -0.2) is 9.97 Å². The van der Waals surface area contributed by atoms with Gasteiger partial charge in [-0.1, -0.05) is 0 Å². The third kappa shape index (κ3) is 3.72. The second-order valence-corrected chi connectivity index (χ2v) is 8.74. The average molecular weight is 387 g/mol. The normalized spacial score (nSPS) is 17.5. The molecule has 0 aliphatic carbocycles. The molecular weight excluding hydrogens is 360 g/mol. The Balaban J connectivity index is 1.64. The molecule has 144 valence electrons. The fourth-order valence-electron chi connectivity index (χ4n) is 3.56. The van der Waals surface area contributed by atoms with E-state index in [0.29, 0.717) is 12.3 Å². The van der Waals surface area contributed by atoms with Crippen molar-refractivity contribution in [3.63, 3.8) is 0 Å². The first-order chi connectivity index (χ1) is 12.9. The number of hydrogen-bond acceptors (Lipinski definition) is 7. The molecule has 4 rings (SSSR count). The minimum atomic E-state index is -1.12. The Morgan fingerprint density at radius 1 is 1.30 bits per heavy atom. The van der Waals surface area contributed by atoms with Gasteiger partial charge in [-0.05, 0) is 64.4 Å². The third-order valence-corrected chi connectivity index (χ3v) is 6.39. The summed E-state index contributed by atoms with van der Waals surface area (Å²) in [6.07, 6.45) is 4.07. The number of aromatic nitrogens is 2. The summed E-state index contributed by atoms with van der Waals surface area (Å²) in [4.78, 5) is 14.3. The summed E-state index contributed by atoms with van der Waals surface area (Å²) in [5.41, 5.74) is 0.0809. The van der Waals surface area contributed by atoms with E-state index in [9.17, 15) is 5.11 Å². The molecule has 0 radical (unpaired) electrons. The smallest absolute Gasteiger partial charge is 0.146 e. The van der Waals surface area contributed by atoms with Crippen molar-refractivity contribution in [2.75, 3.05) is 25.0 Å². The van der Waals surface area contributed by atoms with E-state index >= 15 is 0 Å². The molecule has 2 N–H and O–H groups in total. The van der Waals surface area contributed by atoms with Crippen LogP contribution in [0.15, 0.2) is 22.8 Å². The summed E-state index contributed by atoms with van der Waals surface area (Å²) in [5, 5.41) is 15.2. The van der Waals surface area contributed by atoms with Crippen LogP contribution in [0.3, 0.4) is 0 Å². The van der Waals surface area contributed by atoms with Crippen molar-refractivity contribution in [2.24, 2.45) is 0 Å². The molecule has 0 saturated carbocycles. The summed E-state index contributed by atoms with van der Waals surface area (Å²) in [6, 6.07) is 3.57. The van der Waals surface area contributed by atoms with Crippen LogP contribution in [0.25, 0.3) is 10.2 Å². The van der Waals surface area contributed by atoms with Gasteiger partial charge >= 0.3 is 0 Å². The van der Waals surface area contributed by atoms with Crippen molar-refractivity contribution in [1.29, 1.82) is 0 Å². The van der Waals surface area contributed by atoms with Crippen molar-refractivity contribution in [1.82, 2.24) is 14.9 Å². The van der Waals surface area contributed by atoms with Crippen LogP contribution < -0.4 is 5.32 Å². The maximum absolute atomic E-state index is 10.8. The van der Waals surface area contributed by atoms with E-state index in [-0.39, 0.29) is 0 Å². The first-order valence-electron chi connectivity index (χ1n) is 9.43. The number of nitrogens with one attached hydrogen (secondary N) is 1. The topological polar surface area (TPSA) is 74.4 Å². The molecule has 0 aromatic carbocycles. The number of fused-ring (bicyclic) bond motifs is 1. The minimum Gasteiger partial charge on any atom is -0.466 e. The molecule has 1 aliphatic heterocycles. The zero-order valence-corrected chi connectivity index (χ0v) is 16.9. The van der Waals surface area contributed by atoms with E-state index in [2.05, 4.69) is 24.1 Å². The quantitative estimate of drug-likeness (QED) is 0.671. The van der Waals surface area contributed by atoms with Crippen LogP contribution in [-0.4, -0.2) is 39.6 Å². The monoisotopic (exact) mass is 386 g/mol. The van der Waals surface area contributed by atoms with Gasteiger partial charge in [0.05, 0.1) is 24.7 Å². The number of furan rings is 1. The van der Waals surface area contributed by atoms with Gasteiger partial charge in [-0.2, -0.15) is 0 Å². The maximum atomic E-state index is 10.8. The lowest BCUT2D eigenvalue weighted by molar-refractivity contribution is 0.0476. The summed E-state index contributed by atoms with van der Waals surface area (Å²) in [7, 11) is 0. The molecular formula is C20H26N4O2S. The van der Waals surface area contributed by atoms with Crippen LogP contribution in [0.2, 0.25) is 0 Å². The van der Waals surface area contributed by atoms with Crippen LogP contribution in [0.4, 0.5) is 5.82 Å². The predicted octanol–water partition coefficient (Wildman–Crippen LogP) is 3.82. The summed E-state index contributed by atoms with van der Waals surface area (Å²) < 4.78 is 5.39. The summed E-state index contributed by atoms with van der Waals surface area (Å²) in [6.45, 7) is 9.27. The molecule has 1 unspecified atom stereocenters. The number of thiophene rings is 1. The highest BCUT2D eigenvalue weighted by Gasteiger charge is 2.27. The molecule has 0 bridgehead atoms. The van der Waals surface area contributed by atoms with E-state index in [4.69, 9.17) is 14.4 Å². The predicted molar refractivity (Wildman–Crippen MR) is 108 cm³/mol. The molecule has 3 aromatic rings. The first-order valence-corrected chi connectivity index (χ1v) is 10.2. The number of anilines is 1. The first kappa shape index (κ1) is 18.4. The van der Waals surface area contributed by atoms with Gasteiger partial charge in [-0.15, -0.1) is 11.3 Å². The van der Waals surface area contributed by atoms with E-state index in [1.165, 1.54) is 23.3 Å². The largest absolute Gasteiger partial charge is 0.466 e. The van der Waals surface area contributed by atoms with Crippen LogP contribution >= 0.6 is 11.3 Å². The number of aliphatic hydroxyl groups is 1. The molecule has 1 fully saturated rings. The highest BCUT2D eigenvalue weighted by Crippen LogP contribution is 2.34. The van der Waals surface area contributed by atoms with Crippen LogP contribution in [0, 0.1) is 13.8 Å². The number of hydrogen-bond donors (Lipinski definition) is 2. The van der Waals surface area contributed by atoms with Crippen molar-refractivity contribution in [2.45, 2.75) is 45.8 Å². The molecule has 0 spiro atoms. The second-order valence-electron chi connectivity index (χ2n) is 7.54. The molecule has 0 amide bonds. The molecule has 6 nitrogen and oxygen atoms in total. The average Bonchev–Trinajstić information content (AvgIpc) is 3.37. The van der Waals surface area contributed by atoms with Gasteiger partial charge in [0.25, 0.3) is 0 Å². The second kappa shape index (κ2) is 7.22. The van der Waals surface area contributed by atoms with E-state index in [0.717, 1.165) is 41.5 Å². The Labute approximate surface area is 163 Å². The Morgan fingerprint density at radius 3 is 2.78 bits per heavy atom. The Kier molecular flexibility index (Phi) is 4.92. The van der Waals surface area contributed by atoms with Gasteiger partial charge in [0.1, 0.15) is 27.8 Å². The molecule has 1 saturated heterocycles. The summed E-state index contributed by atoms with van der Waals surface area (Å²) >= 11 is 1.71. The van der Waals surface area contributed by atoms with Gasteiger partial charge in [0.2, 0.25) is 0 Å². The van der Waals surface area contributed by atoms with E-state index < -0.39 is 5.60 Å². The van der Waals surface area contributed by atoms with Crippen molar-refractivity contribution in [3.05, 3.63) is 40.4 Å². The lowest BCUT2D eigenvalue weighted by Gasteiger charge is -2.22. The lowest BCUT2D eigenvalue weighted by Crippen LogP contribution is -2.30. The number of rotatable bonds is 6. The molecule has 1 aliphatic rings. The van der Waals surface area contributed by atoms with Crippen molar-refractivity contribution >= 4 is 27.4 Å². The number of likely N-dealkylation sites (tertiary alicyclic amines) is 1. The third-order valence-electron chi connectivity index (χ3n) is 5.29. The molecule has 7 heteroatoms. The molecule has 1 atom stereocenters. The van der Waals surface area contributed by atoms with E-state index in [1.54, 1.807) is 36.7 Å². The fraction of sp³-hybridized carbons (Fsp3) is 0.500. The van der Waals surface area contributed by atoms with Crippen LogP contribution in [0.5, 0.6) is 0 Å². The Bertz CT molecular complexity index is 927. The van der Waals surface area contributed by atoms with Crippen LogP contribution in [-0.2, 0) is 12.1 Å². The van der Waals surface area contributed by atoms with Crippen LogP contribution in [0.1, 0.15) is 41.8 Å². The van der Waals surface area contributed by atoms with Gasteiger partial charge < -0.3 is 14.8 Å². The van der Waals surface area contributed by atoms with Crippen molar-refractivity contribution in [3.8, 4) is 0 Å². The number of aryl methyl sites for hydroxylation is 2. The number of nitrogens with zero attached hydrogens (tertiary/aromatic N) is 3. The van der Waals surface area contributed by atoms with Crippen molar-refractivity contribution < 1.29 is 9.52 Å². The molecule has 3 aromatic heterocycles. The standard InChI is InChI=1S/C20H26N4O2S/c1-13-14(2)27-19-17(13)18(21-12-20(3,25)15-7-6-10-26-15)22-16(23-19)11-24-8-4-5-9-24/h6-7,10,25H,4-5,8-9,11-12H2,1-3H3,(H,21,22,23). The molecule has 4 heterocycles. The van der Waals surface area contributed by atoms with Gasteiger partial charge in [0.15, 0.2) is 0 Å². The highest BCUT2D eigenvalue weighted by molar-refractivity contribution is 7.18. The Hall–Kier alpha value is -1.96. The maximum Gasteiger partial charge on any atom is 0.146 e. The van der Waals surface area contributed by atoms with E-state index in [1.807, 2.05) is 0 Å². The zero-order valence-electron chi connectivity index (χ0n) is 16.1. The zero-order chi connectivity index (χ0) is 19.0. The van der Waals surface area contributed by atoms with Gasteiger partial charge in [0, 0.05) is 4.88 Å². The SMILES string of the molecule is Cc1sc2nc(CN3CCCC3)nc(NCC(C)(O)c3ccco3)c2c1C. The molecule has 27 heavy (non-hydrogen) atoms. The minimum absolute atomic E-state index is 0.310. The Morgan fingerprint density at radius 2 is 2.07 bits per heavy atom.